The van der Waals surface area contributed by atoms with Crippen LogP contribution in [0, 0.1) is 5.41 Å². The Kier molecular flexibility index (Phi) is 4.50. The predicted molar refractivity (Wildman–Crippen MR) is 69.0 cm³/mol. The van der Waals surface area contributed by atoms with Crippen molar-refractivity contribution in [2.45, 2.75) is 13.8 Å². The Hall–Kier alpha value is -0.870. The van der Waals surface area contributed by atoms with Crippen molar-refractivity contribution in [3.63, 3.8) is 0 Å². The molecule has 4 heteroatoms. The third kappa shape index (κ3) is 4.33. The number of amides is 1. The summed E-state index contributed by atoms with van der Waals surface area (Å²) in [4.78, 5) is 14.6. The van der Waals surface area contributed by atoms with Gasteiger partial charge in [0.05, 0.1) is 4.88 Å². The van der Waals surface area contributed by atoms with Gasteiger partial charge in [-0.3, -0.25) is 4.79 Å². The van der Waals surface area contributed by atoms with Crippen LogP contribution in [0.1, 0.15) is 23.5 Å². The molecule has 1 aromatic heterocycles. The highest BCUT2D eigenvalue weighted by atomic mass is 32.1. The van der Waals surface area contributed by atoms with Gasteiger partial charge in [0.1, 0.15) is 0 Å². The molecule has 0 aliphatic heterocycles. The molecule has 1 amide bonds. The fourth-order valence-electron chi connectivity index (χ4n) is 1.73. The minimum atomic E-state index is 0.0295. The number of hydrogen-bond donors (Lipinski definition) is 1. The van der Waals surface area contributed by atoms with Gasteiger partial charge in [-0.2, -0.15) is 0 Å². The monoisotopic (exact) mass is 240 g/mol. The Balaban J connectivity index is 2.42. The molecular weight excluding hydrogens is 220 g/mol. The maximum atomic E-state index is 11.7. The number of rotatable bonds is 5. The van der Waals surface area contributed by atoms with E-state index in [1.807, 2.05) is 31.6 Å². The van der Waals surface area contributed by atoms with E-state index in [-0.39, 0.29) is 11.3 Å². The van der Waals surface area contributed by atoms with Crippen molar-refractivity contribution in [1.82, 2.24) is 10.2 Å². The lowest BCUT2D eigenvalue weighted by atomic mass is 9.93. The van der Waals surface area contributed by atoms with Crippen LogP contribution in [0.15, 0.2) is 17.5 Å². The summed E-state index contributed by atoms with van der Waals surface area (Å²) in [5, 5.41) is 4.89. The minimum Gasteiger partial charge on any atom is -0.351 e. The molecule has 1 heterocycles. The largest absolute Gasteiger partial charge is 0.351 e. The maximum Gasteiger partial charge on any atom is 0.261 e. The van der Waals surface area contributed by atoms with Crippen molar-refractivity contribution in [2.24, 2.45) is 5.41 Å². The van der Waals surface area contributed by atoms with Crippen LogP contribution in [-0.4, -0.2) is 38.0 Å². The zero-order chi connectivity index (χ0) is 12.2. The zero-order valence-electron chi connectivity index (χ0n) is 10.4. The second-order valence-electron chi connectivity index (χ2n) is 5.06. The Labute approximate surface area is 101 Å². The maximum absolute atomic E-state index is 11.7. The highest BCUT2D eigenvalue weighted by Crippen LogP contribution is 2.15. The smallest absolute Gasteiger partial charge is 0.261 e. The molecule has 1 aromatic rings. The molecule has 0 aliphatic carbocycles. The molecule has 1 N–H and O–H groups in total. The lowest BCUT2D eigenvalue weighted by molar-refractivity contribution is 0.0933. The fourth-order valence-corrected chi connectivity index (χ4v) is 2.37. The minimum absolute atomic E-state index is 0.0295. The van der Waals surface area contributed by atoms with Crippen molar-refractivity contribution in [1.29, 1.82) is 0 Å². The third-order valence-electron chi connectivity index (χ3n) is 2.22. The molecule has 0 radical (unpaired) electrons. The van der Waals surface area contributed by atoms with Crippen LogP contribution in [0.4, 0.5) is 0 Å². The molecule has 90 valence electrons. The first kappa shape index (κ1) is 13.2. The van der Waals surface area contributed by atoms with Gasteiger partial charge in [-0.05, 0) is 31.0 Å². The first-order valence-electron chi connectivity index (χ1n) is 5.37. The number of nitrogens with one attached hydrogen (secondary N) is 1. The Morgan fingerprint density at radius 3 is 2.69 bits per heavy atom. The second kappa shape index (κ2) is 5.46. The van der Waals surface area contributed by atoms with E-state index in [1.165, 1.54) is 11.3 Å². The average molecular weight is 240 g/mol. The molecule has 0 aromatic carbocycles. The molecule has 0 aliphatic rings. The molecule has 0 fully saturated rings. The van der Waals surface area contributed by atoms with Crippen molar-refractivity contribution >= 4 is 17.2 Å². The van der Waals surface area contributed by atoms with Crippen molar-refractivity contribution in [2.75, 3.05) is 27.2 Å². The number of carbonyl (C=O) groups is 1. The van der Waals surface area contributed by atoms with E-state index in [9.17, 15) is 4.79 Å². The summed E-state index contributed by atoms with van der Waals surface area (Å²) in [5.74, 6) is 0.0295. The summed E-state index contributed by atoms with van der Waals surface area (Å²) in [6.07, 6.45) is 0. The number of carbonyl (C=O) groups excluding carboxylic acids is 1. The van der Waals surface area contributed by atoms with Crippen LogP contribution in [0.5, 0.6) is 0 Å². The van der Waals surface area contributed by atoms with Gasteiger partial charge in [0.25, 0.3) is 5.91 Å². The van der Waals surface area contributed by atoms with Gasteiger partial charge >= 0.3 is 0 Å². The van der Waals surface area contributed by atoms with Crippen LogP contribution in [-0.2, 0) is 0 Å². The van der Waals surface area contributed by atoms with Gasteiger partial charge in [-0.15, -0.1) is 11.3 Å². The van der Waals surface area contributed by atoms with E-state index in [4.69, 9.17) is 0 Å². The Morgan fingerprint density at radius 2 is 2.19 bits per heavy atom. The summed E-state index contributed by atoms with van der Waals surface area (Å²) in [7, 11) is 4.09. The van der Waals surface area contributed by atoms with Crippen LogP contribution < -0.4 is 5.32 Å². The summed E-state index contributed by atoms with van der Waals surface area (Å²) in [6, 6.07) is 3.74. The van der Waals surface area contributed by atoms with Crippen LogP contribution in [0.3, 0.4) is 0 Å². The predicted octanol–water partition coefficient (Wildman–Crippen LogP) is 2.07. The SMILES string of the molecule is CN(C)CC(C)(C)CNC(=O)c1cccs1. The van der Waals surface area contributed by atoms with Crippen molar-refractivity contribution < 1.29 is 4.79 Å². The van der Waals surface area contributed by atoms with Gasteiger partial charge in [-0.25, -0.2) is 0 Å². The van der Waals surface area contributed by atoms with Gasteiger partial charge < -0.3 is 10.2 Å². The fraction of sp³-hybridized carbons (Fsp3) is 0.583. The second-order valence-corrected chi connectivity index (χ2v) is 6.01. The molecule has 0 spiro atoms. The average Bonchev–Trinajstić information content (AvgIpc) is 2.64. The lowest BCUT2D eigenvalue weighted by Crippen LogP contribution is -2.39. The summed E-state index contributed by atoms with van der Waals surface area (Å²) in [6.45, 7) is 5.96. The first-order chi connectivity index (χ1) is 7.41. The molecule has 1 rings (SSSR count). The van der Waals surface area contributed by atoms with E-state index in [2.05, 4.69) is 24.1 Å². The molecular formula is C12H20N2OS. The van der Waals surface area contributed by atoms with Crippen LogP contribution >= 0.6 is 11.3 Å². The van der Waals surface area contributed by atoms with E-state index in [1.54, 1.807) is 0 Å². The van der Waals surface area contributed by atoms with Crippen molar-refractivity contribution in [3.8, 4) is 0 Å². The van der Waals surface area contributed by atoms with Crippen LogP contribution in [0.2, 0.25) is 0 Å². The third-order valence-corrected chi connectivity index (χ3v) is 3.09. The normalized spacial score (nSPS) is 11.8. The number of hydrogen-bond acceptors (Lipinski definition) is 3. The Bertz CT molecular complexity index is 331. The molecule has 0 bridgehead atoms. The molecule has 0 saturated carbocycles. The van der Waals surface area contributed by atoms with Gasteiger partial charge in [-0.1, -0.05) is 19.9 Å². The van der Waals surface area contributed by atoms with Crippen molar-refractivity contribution in [3.05, 3.63) is 22.4 Å². The van der Waals surface area contributed by atoms with Crippen LogP contribution in [0.25, 0.3) is 0 Å². The summed E-state index contributed by atoms with van der Waals surface area (Å²) in [5.41, 5.74) is 0.0937. The molecule has 0 atom stereocenters. The number of thiophene rings is 1. The van der Waals surface area contributed by atoms with Gasteiger partial charge in [0.2, 0.25) is 0 Å². The zero-order valence-corrected chi connectivity index (χ0v) is 11.2. The molecule has 0 saturated heterocycles. The van der Waals surface area contributed by atoms with E-state index >= 15 is 0 Å². The lowest BCUT2D eigenvalue weighted by Gasteiger charge is -2.28. The molecule has 16 heavy (non-hydrogen) atoms. The van der Waals surface area contributed by atoms with Gasteiger partial charge in [0.15, 0.2) is 0 Å². The van der Waals surface area contributed by atoms with E-state index < -0.39 is 0 Å². The van der Waals surface area contributed by atoms with E-state index in [0.717, 1.165) is 11.4 Å². The standard InChI is InChI=1S/C12H20N2OS/c1-12(2,9-14(3)4)8-13-11(15)10-6-5-7-16-10/h5-7H,8-9H2,1-4H3,(H,13,15). The molecule has 0 unspecified atom stereocenters. The molecule has 3 nitrogen and oxygen atoms in total. The topological polar surface area (TPSA) is 32.3 Å². The van der Waals surface area contributed by atoms with Gasteiger partial charge in [0, 0.05) is 13.1 Å². The highest BCUT2D eigenvalue weighted by Gasteiger charge is 2.20. The number of nitrogens with zero attached hydrogens (tertiary/aromatic N) is 1. The highest BCUT2D eigenvalue weighted by molar-refractivity contribution is 7.12. The quantitative estimate of drug-likeness (QED) is 0.854. The van der Waals surface area contributed by atoms with E-state index in [0.29, 0.717) is 6.54 Å². The first-order valence-corrected chi connectivity index (χ1v) is 6.25. The Morgan fingerprint density at radius 1 is 1.50 bits per heavy atom. The summed E-state index contributed by atoms with van der Waals surface area (Å²) >= 11 is 1.47. The summed E-state index contributed by atoms with van der Waals surface area (Å²) < 4.78 is 0.